The van der Waals surface area contributed by atoms with Crippen LogP contribution in [0.2, 0.25) is 0 Å². The summed E-state index contributed by atoms with van der Waals surface area (Å²) in [5, 5.41) is 0. The smallest absolute Gasteiger partial charge is 0.129 e. The average molecular weight is 349 g/mol. The summed E-state index contributed by atoms with van der Waals surface area (Å²) in [6, 6.07) is 21.7. The molecule has 0 spiro atoms. The van der Waals surface area contributed by atoms with E-state index in [0.29, 0.717) is 17.9 Å². The largest absolute Gasteiger partial charge is 0.494 e. The first-order valence-corrected chi connectivity index (χ1v) is 8.48. The van der Waals surface area contributed by atoms with Gasteiger partial charge in [-0.3, -0.25) is 4.99 Å². The fourth-order valence-corrected chi connectivity index (χ4v) is 2.37. The van der Waals surface area contributed by atoms with E-state index in [9.17, 15) is 4.39 Å². The predicted octanol–water partition coefficient (Wildman–Crippen LogP) is 5.55. The summed E-state index contributed by atoms with van der Waals surface area (Å²) in [6.45, 7) is 2.80. The number of nitrogens with zero attached hydrogens (tertiary/aromatic N) is 1. The molecule has 0 unspecified atom stereocenters. The van der Waals surface area contributed by atoms with Crippen LogP contribution in [0.5, 0.6) is 11.5 Å². The van der Waals surface area contributed by atoms with Gasteiger partial charge >= 0.3 is 0 Å². The number of hydrogen-bond acceptors (Lipinski definition) is 3. The molecule has 3 aromatic carbocycles. The van der Waals surface area contributed by atoms with Crippen LogP contribution in [-0.2, 0) is 6.61 Å². The predicted molar refractivity (Wildman–Crippen MR) is 102 cm³/mol. The number of halogens is 1. The van der Waals surface area contributed by atoms with Crippen molar-refractivity contribution in [2.45, 2.75) is 13.5 Å². The molecule has 26 heavy (non-hydrogen) atoms. The van der Waals surface area contributed by atoms with Gasteiger partial charge in [-0.15, -0.1) is 0 Å². The van der Waals surface area contributed by atoms with Crippen molar-refractivity contribution in [3.63, 3.8) is 0 Å². The average Bonchev–Trinajstić information content (AvgIpc) is 2.68. The Bertz CT molecular complexity index is 858. The Morgan fingerprint density at radius 2 is 1.50 bits per heavy atom. The zero-order valence-corrected chi connectivity index (χ0v) is 14.6. The minimum atomic E-state index is -0.258. The van der Waals surface area contributed by atoms with Gasteiger partial charge in [0.2, 0.25) is 0 Å². The number of benzene rings is 3. The minimum Gasteiger partial charge on any atom is -0.494 e. The third-order valence-electron chi connectivity index (χ3n) is 3.74. The number of aliphatic imine (C=N–C) groups is 1. The maximum absolute atomic E-state index is 13.6. The molecule has 3 aromatic rings. The second kappa shape index (κ2) is 8.81. The third-order valence-corrected chi connectivity index (χ3v) is 3.74. The molecule has 0 heterocycles. The first kappa shape index (κ1) is 17.7. The fourth-order valence-electron chi connectivity index (χ4n) is 2.37. The van der Waals surface area contributed by atoms with Gasteiger partial charge in [0.25, 0.3) is 0 Å². The summed E-state index contributed by atoms with van der Waals surface area (Å²) >= 11 is 0. The molecule has 3 rings (SSSR count). The van der Waals surface area contributed by atoms with Crippen molar-refractivity contribution in [1.29, 1.82) is 0 Å². The second-order valence-corrected chi connectivity index (χ2v) is 5.63. The number of ether oxygens (including phenoxy) is 2. The molecule has 0 radical (unpaired) electrons. The molecule has 0 fully saturated rings. The van der Waals surface area contributed by atoms with E-state index in [4.69, 9.17) is 9.47 Å². The summed E-state index contributed by atoms with van der Waals surface area (Å²) in [5.74, 6) is 1.26. The van der Waals surface area contributed by atoms with E-state index in [1.165, 1.54) is 6.07 Å². The van der Waals surface area contributed by atoms with Crippen LogP contribution < -0.4 is 9.47 Å². The highest BCUT2D eigenvalue weighted by Gasteiger charge is 2.01. The lowest BCUT2D eigenvalue weighted by molar-refractivity contribution is 0.300. The van der Waals surface area contributed by atoms with Gasteiger partial charge in [0.1, 0.15) is 23.9 Å². The van der Waals surface area contributed by atoms with Gasteiger partial charge in [-0.05, 0) is 67.1 Å². The van der Waals surface area contributed by atoms with Gasteiger partial charge in [-0.2, -0.15) is 0 Å². The van der Waals surface area contributed by atoms with Crippen LogP contribution in [0, 0.1) is 5.82 Å². The van der Waals surface area contributed by atoms with Crippen LogP contribution in [0.15, 0.2) is 77.8 Å². The highest BCUT2D eigenvalue weighted by atomic mass is 19.1. The summed E-state index contributed by atoms with van der Waals surface area (Å²) < 4.78 is 24.6. The van der Waals surface area contributed by atoms with Crippen molar-refractivity contribution < 1.29 is 13.9 Å². The van der Waals surface area contributed by atoms with Gasteiger partial charge in [0, 0.05) is 11.8 Å². The van der Waals surface area contributed by atoms with Crippen LogP contribution in [0.1, 0.15) is 18.1 Å². The van der Waals surface area contributed by atoms with E-state index in [2.05, 4.69) is 4.99 Å². The molecule has 4 heteroatoms. The Morgan fingerprint density at radius 3 is 2.19 bits per heavy atom. The Balaban J connectivity index is 1.58. The highest BCUT2D eigenvalue weighted by Crippen LogP contribution is 2.19. The van der Waals surface area contributed by atoms with Gasteiger partial charge < -0.3 is 9.47 Å². The summed E-state index contributed by atoms with van der Waals surface area (Å²) in [5.41, 5.74) is 2.35. The van der Waals surface area contributed by atoms with E-state index in [-0.39, 0.29) is 12.4 Å². The molecule has 132 valence electrons. The zero-order valence-electron chi connectivity index (χ0n) is 14.6. The minimum absolute atomic E-state index is 0.201. The molecular formula is C22H20FNO2. The molecule has 0 saturated heterocycles. The molecule has 0 N–H and O–H groups in total. The summed E-state index contributed by atoms with van der Waals surface area (Å²) in [6.07, 6.45) is 1.79. The molecule has 0 aliphatic carbocycles. The van der Waals surface area contributed by atoms with Crippen molar-refractivity contribution in [3.8, 4) is 11.5 Å². The SMILES string of the molecule is CCOc1ccc(N=Cc2ccc(OCc3ccccc3F)cc2)cc1. The molecule has 0 amide bonds. The van der Waals surface area contributed by atoms with Crippen LogP contribution in [0.4, 0.5) is 10.1 Å². The first-order chi connectivity index (χ1) is 12.7. The quantitative estimate of drug-likeness (QED) is 0.523. The van der Waals surface area contributed by atoms with E-state index in [1.54, 1.807) is 24.4 Å². The Hall–Kier alpha value is -3.14. The van der Waals surface area contributed by atoms with E-state index in [1.807, 2.05) is 55.5 Å². The summed E-state index contributed by atoms with van der Waals surface area (Å²) in [4.78, 5) is 4.44. The Labute approximate surface area is 152 Å². The summed E-state index contributed by atoms with van der Waals surface area (Å²) in [7, 11) is 0. The molecular weight excluding hydrogens is 329 g/mol. The monoisotopic (exact) mass is 349 g/mol. The van der Waals surface area contributed by atoms with Crippen LogP contribution >= 0.6 is 0 Å². The van der Waals surface area contributed by atoms with E-state index >= 15 is 0 Å². The van der Waals surface area contributed by atoms with Crippen molar-refractivity contribution in [2.75, 3.05) is 6.61 Å². The van der Waals surface area contributed by atoms with Crippen molar-refractivity contribution in [2.24, 2.45) is 4.99 Å². The highest BCUT2D eigenvalue weighted by molar-refractivity contribution is 5.82. The van der Waals surface area contributed by atoms with Gasteiger partial charge in [0.05, 0.1) is 12.3 Å². The fraction of sp³-hybridized carbons (Fsp3) is 0.136. The standard InChI is InChI=1S/C22H20FNO2/c1-2-25-20-13-9-19(10-14-20)24-15-17-7-11-21(12-8-17)26-16-18-5-3-4-6-22(18)23/h3-15H,2,16H2,1H3. The van der Waals surface area contributed by atoms with Gasteiger partial charge in [-0.25, -0.2) is 4.39 Å². The van der Waals surface area contributed by atoms with Crippen molar-refractivity contribution in [3.05, 3.63) is 89.7 Å². The molecule has 3 nitrogen and oxygen atoms in total. The Kier molecular flexibility index (Phi) is 5.99. The van der Waals surface area contributed by atoms with Crippen LogP contribution in [0.3, 0.4) is 0 Å². The second-order valence-electron chi connectivity index (χ2n) is 5.63. The van der Waals surface area contributed by atoms with Crippen LogP contribution in [0.25, 0.3) is 0 Å². The lowest BCUT2D eigenvalue weighted by Crippen LogP contribution is -1.98. The van der Waals surface area contributed by atoms with Crippen molar-refractivity contribution in [1.82, 2.24) is 0 Å². The third kappa shape index (κ3) is 4.93. The zero-order chi connectivity index (χ0) is 18.2. The molecule has 0 aliphatic rings. The van der Waals surface area contributed by atoms with Crippen LogP contribution in [-0.4, -0.2) is 12.8 Å². The number of rotatable bonds is 7. The Morgan fingerprint density at radius 1 is 0.846 bits per heavy atom. The lowest BCUT2D eigenvalue weighted by atomic mass is 10.2. The first-order valence-electron chi connectivity index (χ1n) is 8.48. The molecule has 0 atom stereocenters. The van der Waals surface area contributed by atoms with E-state index in [0.717, 1.165) is 17.0 Å². The van der Waals surface area contributed by atoms with Crippen molar-refractivity contribution >= 4 is 11.9 Å². The number of hydrogen-bond donors (Lipinski definition) is 0. The molecule has 0 saturated carbocycles. The normalized spacial score (nSPS) is 10.8. The van der Waals surface area contributed by atoms with E-state index < -0.39 is 0 Å². The topological polar surface area (TPSA) is 30.8 Å². The molecule has 0 aliphatic heterocycles. The maximum Gasteiger partial charge on any atom is 0.129 e. The van der Waals surface area contributed by atoms with Gasteiger partial charge in [0.15, 0.2) is 0 Å². The lowest BCUT2D eigenvalue weighted by Gasteiger charge is -2.07. The molecule has 0 aromatic heterocycles. The maximum atomic E-state index is 13.6. The van der Waals surface area contributed by atoms with Gasteiger partial charge in [-0.1, -0.05) is 18.2 Å². The molecule has 0 bridgehead atoms.